The Balaban J connectivity index is 3.18. The van der Waals surface area contributed by atoms with Crippen LogP contribution in [0.4, 0.5) is 0 Å². The number of carbonyl (C=O) groups is 2. The van der Waals surface area contributed by atoms with E-state index in [9.17, 15) is 9.59 Å². The fraction of sp³-hybridized carbons (Fsp3) is 0.867. The first-order chi connectivity index (χ1) is 8.98. The van der Waals surface area contributed by atoms with Crippen molar-refractivity contribution in [1.82, 2.24) is 10.2 Å². The summed E-state index contributed by atoms with van der Waals surface area (Å²) in [5.74, 6) is 0.121. The van der Waals surface area contributed by atoms with Gasteiger partial charge in [0.25, 0.3) is 0 Å². The lowest BCUT2D eigenvalue weighted by atomic mass is 9.83. The number of piperazine rings is 1. The molecule has 0 bridgehead atoms. The Hall–Kier alpha value is -1.06. The van der Waals surface area contributed by atoms with Crippen molar-refractivity contribution in [2.75, 3.05) is 0 Å². The van der Waals surface area contributed by atoms with Crippen LogP contribution in [0, 0.1) is 0 Å². The second-order valence-corrected chi connectivity index (χ2v) is 5.52. The quantitative estimate of drug-likeness (QED) is 0.804. The van der Waals surface area contributed by atoms with Crippen molar-refractivity contribution in [3.8, 4) is 0 Å². The molecule has 1 rings (SSSR count). The summed E-state index contributed by atoms with van der Waals surface area (Å²) in [6.07, 6.45) is 3.84. The van der Waals surface area contributed by atoms with Crippen LogP contribution in [0.25, 0.3) is 0 Å². The van der Waals surface area contributed by atoms with E-state index in [4.69, 9.17) is 0 Å². The van der Waals surface area contributed by atoms with Crippen LogP contribution in [0.1, 0.15) is 66.7 Å². The largest absolute Gasteiger partial charge is 0.342 e. The number of carbonyl (C=O) groups excluding carboxylic acids is 2. The fourth-order valence-corrected chi connectivity index (χ4v) is 3.06. The lowest BCUT2D eigenvalue weighted by Crippen LogP contribution is -2.72. The molecule has 1 aliphatic heterocycles. The topological polar surface area (TPSA) is 49.4 Å². The van der Waals surface area contributed by atoms with Gasteiger partial charge in [0.2, 0.25) is 11.8 Å². The van der Waals surface area contributed by atoms with E-state index in [1.807, 2.05) is 32.6 Å². The Morgan fingerprint density at radius 2 is 1.79 bits per heavy atom. The van der Waals surface area contributed by atoms with Gasteiger partial charge in [0, 0.05) is 6.04 Å². The van der Waals surface area contributed by atoms with Gasteiger partial charge < -0.3 is 10.2 Å². The van der Waals surface area contributed by atoms with E-state index in [1.165, 1.54) is 0 Å². The maximum absolute atomic E-state index is 12.7. The minimum atomic E-state index is -0.656. The highest BCUT2D eigenvalue weighted by Crippen LogP contribution is 2.32. The van der Waals surface area contributed by atoms with Crippen molar-refractivity contribution in [1.29, 1.82) is 0 Å². The number of hydrogen-bond donors (Lipinski definition) is 1. The molecule has 0 radical (unpaired) electrons. The molecule has 0 aliphatic carbocycles. The Bertz CT molecular complexity index is 337. The van der Waals surface area contributed by atoms with Crippen molar-refractivity contribution < 1.29 is 9.59 Å². The molecule has 2 unspecified atom stereocenters. The Morgan fingerprint density at radius 3 is 2.21 bits per heavy atom. The molecule has 1 aliphatic rings. The molecule has 19 heavy (non-hydrogen) atoms. The SMILES string of the molecule is CCCC1NC(=O)C(CC)(CC)N(C(C)CC)C1=O. The van der Waals surface area contributed by atoms with Crippen molar-refractivity contribution in [3.63, 3.8) is 0 Å². The minimum absolute atomic E-state index is 0.0239. The second-order valence-electron chi connectivity index (χ2n) is 5.52. The maximum Gasteiger partial charge on any atom is 0.246 e. The maximum atomic E-state index is 12.7. The van der Waals surface area contributed by atoms with E-state index < -0.39 is 5.54 Å². The summed E-state index contributed by atoms with van der Waals surface area (Å²) >= 11 is 0. The highest BCUT2D eigenvalue weighted by molar-refractivity contribution is 6.00. The molecule has 0 aromatic heterocycles. The third kappa shape index (κ3) is 2.63. The standard InChI is InChI=1S/C15H28N2O2/c1-6-10-12-13(18)17(11(5)7-2)15(8-3,9-4)14(19)16-12/h11-12H,6-10H2,1-5H3,(H,16,19). The Labute approximate surface area is 116 Å². The molecule has 0 spiro atoms. The molecule has 2 amide bonds. The van der Waals surface area contributed by atoms with Crippen LogP contribution in [-0.2, 0) is 9.59 Å². The third-order valence-electron chi connectivity index (χ3n) is 4.50. The van der Waals surface area contributed by atoms with E-state index in [0.717, 1.165) is 19.3 Å². The number of rotatable bonds is 6. The summed E-state index contributed by atoms with van der Waals surface area (Å²) < 4.78 is 0. The Morgan fingerprint density at radius 1 is 1.21 bits per heavy atom. The number of amides is 2. The van der Waals surface area contributed by atoms with E-state index >= 15 is 0 Å². The molecule has 4 nitrogen and oxygen atoms in total. The van der Waals surface area contributed by atoms with Crippen LogP contribution in [0.3, 0.4) is 0 Å². The molecule has 1 N–H and O–H groups in total. The van der Waals surface area contributed by atoms with Gasteiger partial charge in [0.1, 0.15) is 11.6 Å². The molecule has 0 saturated carbocycles. The van der Waals surface area contributed by atoms with Gasteiger partial charge in [-0.1, -0.05) is 34.1 Å². The van der Waals surface area contributed by atoms with Gasteiger partial charge in [-0.2, -0.15) is 0 Å². The predicted molar refractivity (Wildman–Crippen MR) is 76.8 cm³/mol. The van der Waals surface area contributed by atoms with Gasteiger partial charge in [-0.05, 0) is 32.6 Å². The normalized spacial score (nSPS) is 24.3. The molecule has 4 heteroatoms. The van der Waals surface area contributed by atoms with E-state index in [-0.39, 0.29) is 23.9 Å². The molecule has 1 heterocycles. The zero-order valence-electron chi connectivity index (χ0n) is 13.0. The van der Waals surface area contributed by atoms with Gasteiger partial charge in [-0.15, -0.1) is 0 Å². The van der Waals surface area contributed by atoms with Crippen molar-refractivity contribution in [2.24, 2.45) is 0 Å². The lowest BCUT2D eigenvalue weighted by Gasteiger charge is -2.50. The fourth-order valence-electron chi connectivity index (χ4n) is 3.06. The average molecular weight is 268 g/mol. The first-order valence-corrected chi connectivity index (χ1v) is 7.62. The first kappa shape index (κ1) is 16.0. The molecule has 110 valence electrons. The third-order valence-corrected chi connectivity index (χ3v) is 4.50. The van der Waals surface area contributed by atoms with E-state index in [1.54, 1.807) is 0 Å². The minimum Gasteiger partial charge on any atom is -0.342 e. The molecule has 2 atom stereocenters. The summed E-state index contributed by atoms with van der Waals surface area (Å²) in [6, 6.07) is -0.226. The lowest BCUT2D eigenvalue weighted by molar-refractivity contribution is -0.161. The number of hydrogen-bond acceptors (Lipinski definition) is 2. The highest BCUT2D eigenvalue weighted by Gasteiger charge is 2.51. The molecule has 1 fully saturated rings. The average Bonchev–Trinajstić information content (AvgIpc) is 2.41. The van der Waals surface area contributed by atoms with Crippen molar-refractivity contribution in [3.05, 3.63) is 0 Å². The second kappa shape index (κ2) is 6.40. The number of nitrogens with zero attached hydrogens (tertiary/aromatic N) is 1. The Kier molecular flexibility index (Phi) is 5.39. The van der Waals surface area contributed by atoms with Crippen LogP contribution < -0.4 is 5.32 Å². The van der Waals surface area contributed by atoms with Crippen molar-refractivity contribution in [2.45, 2.75) is 84.3 Å². The molecule has 0 aromatic carbocycles. The summed E-state index contributed by atoms with van der Waals surface area (Å²) in [4.78, 5) is 27.1. The summed E-state index contributed by atoms with van der Waals surface area (Å²) in [5.41, 5.74) is -0.656. The number of nitrogens with one attached hydrogen (secondary N) is 1. The zero-order chi connectivity index (χ0) is 14.6. The highest BCUT2D eigenvalue weighted by atomic mass is 16.2. The smallest absolute Gasteiger partial charge is 0.246 e. The summed E-state index contributed by atoms with van der Waals surface area (Å²) in [7, 11) is 0. The predicted octanol–water partition coefficient (Wildman–Crippen LogP) is 2.47. The molecular weight excluding hydrogens is 240 g/mol. The van der Waals surface area contributed by atoms with Gasteiger partial charge in [0.05, 0.1) is 0 Å². The van der Waals surface area contributed by atoms with Crippen LogP contribution in [0.5, 0.6) is 0 Å². The first-order valence-electron chi connectivity index (χ1n) is 7.62. The van der Waals surface area contributed by atoms with Crippen LogP contribution in [0.2, 0.25) is 0 Å². The molecule has 1 saturated heterocycles. The van der Waals surface area contributed by atoms with Crippen molar-refractivity contribution >= 4 is 11.8 Å². The van der Waals surface area contributed by atoms with Gasteiger partial charge >= 0.3 is 0 Å². The van der Waals surface area contributed by atoms with Crippen LogP contribution in [-0.4, -0.2) is 34.3 Å². The monoisotopic (exact) mass is 268 g/mol. The zero-order valence-corrected chi connectivity index (χ0v) is 13.0. The van der Waals surface area contributed by atoms with Crippen LogP contribution in [0.15, 0.2) is 0 Å². The van der Waals surface area contributed by atoms with Gasteiger partial charge in [-0.3, -0.25) is 9.59 Å². The van der Waals surface area contributed by atoms with E-state index in [0.29, 0.717) is 12.8 Å². The summed E-state index contributed by atoms with van der Waals surface area (Å²) in [5, 5.41) is 2.94. The van der Waals surface area contributed by atoms with Gasteiger partial charge in [0.15, 0.2) is 0 Å². The summed E-state index contributed by atoms with van der Waals surface area (Å²) in [6.45, 7) is 10.1. The molecular formula is C15H28N2O2. The molecule has 0 aromatic rings. The van der Waals surface area contributed by atoms with E-state index in [2.05, 4.69) is 12.2 Å². The van der Waals surface area contributed by atoms with Gasteiger partial charge in [-0.25, -0.2) is 0 Å². The van der Waals surface area contributed by atoms with Crippen LogP contribution >= 0.6 is 0 Å².